The van der Waals surface area contributed by atoms with E-state index in [1.165, 1.54) is 12.3 Å². The van der Waals surface area contributed by atoms with E-state index in [-0.39, 0.29) is 53.7 Å². The lowest BCUT2D eigenvalue weighted by atomic mass is 9.95. The van der Waals surface area contributed by atoms with Crippen LogP contribution in [0.15, 0.2) is 59.5 Å². The van der Waals surface area contributed by atoms with Crippen molar-refractivity contribution < 1.29 is 23.1 Å². The molecule has 2 fully saturated rings. The number of pyridine rings is 1. The summed E-state index contributed by atoms with van der Waals surface area (Å²) in [6.45, 7) is 0.292. The SMILES string of the molecule is O=C(NCc1ccc(F)cc1F)c1cn2c(c(OCc3ccccc3)c1=O)C(=O)N1[C@@H]3CC[C@@H](C3)[C@H]1C2. The Morgan fingerprint density at radius 2 is 1.89 bits per heavy atom. The third-order valence-corrected chi connectivity index (χ3v) is 7.72. The molecule has 1 saturated heterocycles. The van der Waals surface area contributed by atoms with Crippen molar-refractivity contribution in [3.8, 4) is 5.75 Å². The van der Waals surface area contributed by atoms with Crippen molar-refractivity contribution in [2.24, 2.45) is 5.92 Å². The van der Waals surface area contributed by atoms with E-state index in [4.69, 9.17) is 4.74 Å². The van der Waals surface area contributed by atoms with Gasteiger partial charge in [0.25, 0.3) is 11.8 Å². The van der Waals surface area contributed by atoms with E-state index >= 15 is 0 Å². The minimum absolute atomic E-state index is 0.0208. The summed E-state index contributed by atoms with van der Waals surface area (Å²) in [7, 11) is 0. The number of rotatable bonds is 6. The Morgan fingerprint density at radius 3 is 2.68 bits per heavy atom. The molecule has 1 N–H and O–H groups in total. The molecule has 0 spiro atoms. The van der Waals surface area contributed by atoms with E-state index in [1.54, 1.807) is 4.57 Å². The zero-order valence-corrected chi connectivity index (χ0v) is 20.0. The quantitative estimate of drug-likeness (QED) is 0.555. The molecule has 0 unspecified atom stereocenters. The number of carbonyl (C=O) groups is 2. The van der Waals surface area contributed by atoms with E-state index in [2.05, 4.69) is 5.32 Å². The summed E-state index contributed by atoms with van der Waals surface area (Å²) in [4.78, 5) is 42.2. The first-order chi connectivity index (χ1) is 17.9. The van der Waals surface area contributed by atoms with E-state index in [9.17, 15) is 23.2 Å². The average molecular weight is 506 g/mol. The van der Waals surface area contributed by atoms with Crippen LogP contribution in [-0.4, -0.2) is 33.4 Å². The number of halogens is 2. The summed E-state index contributed by atoms with van der Waals surface area (Å²) in [5, 5.41) is 2.54. The molecule has 0 radical (unpaired) electrons. The van der Waals surface area contributed by atoms with Gasteiger partial charge >= 0.3 is 0 Å². The number of nitrogens with one attached hydrogen (secondary N) is 1. The maximum Gasteiger partial charge on any atom is 0.275 e. The van der Waals surface area contributed by atoms with Crippen molar-refractivity contribution in [3.05, 3.63) is 99.0 Å². The summed E-state index contributed by atoms with van der Waals surface area (Å²) >= 11 is 0. The lowest BCUT2D eigenvalue weighted by molar-refractivity contribution is 0.0479. The Kier molecular flexibility index (Phi) is 5.78. The fraction of sp³-hybridized carbons (Fsp3) is 0.321. The number of benzene rings is 2. The first kappa shape index (κ1) is 23.4. The molecular weight excluding hydrogens is 480 g/mol. The molecule has 7 nitrogen and oxygen atoms in total. The minimum Gasteiger partial charge on any atom is -0.483 e. The number of hydrogen-bond acceptors (Lipinski definition) is 4. The zero-order valence-electron chi connectivity index (χ0n) is 20.0. The second-order valence-electron chi connectivity index (χ2n) is 9.90. The Hall–Kier alpha value is -4.01. The number of aromatic nitrogens is 1. The Balaban J connectivity index is 1.35. The van der Waals surface area contributed by atoms with Gasteiger partial charge in [-0.25, -0.2) is 8.78 Å². The Morgan fingerprint density at radius 1 is 1.08 bits per heavy atom. The molecule has 3 aliphatic rings. The van der Waals surface area contributed by atoms with Crippen molar-refractivity contribution in [2.45, 2.75) is 51.0 Å². The number of amides is 2. The van der Waals surface area contributed by atoms with Crippen LogP contribution in [0.2, 0.25) is 0 Å². The van der Waals surface area contributed by atoms with Crippen LogP contribution >= 0.6 is 0 Å². The van der Waals surface area contributed by atoms with E-state index in [0.29, 0.717) is 12.5 Å². The van der Waals surface area contributed by atoms with Crippen LogP contribution in [0.4, 0.5) is 8.78 Å². The first-order valence-corrected chi connectivity index (χ1v) is 12.4. The maximum absolute atomic E-state index is 14.1. The second-order valence-corrected chi connectivity index (χ2v) is 9.90. The van der Waals surface area contributed by atoms with Crippen molar-refractivity contribution in [1.29, 1.82) is 0 Å². The molecule has 1 aliphatic carbocycles. The number of carbonyl (C=O) groups excluding carboxylic acids is 2. The van der Waals surface area contributed by atoms with Gasteiger partial charge in [0.15, 0.2) is 11.4 Å². The van der Waals surface area contributed by atoms with Gasteiger partial charge in [0.2, 0.25) is 5.43 Å². The summed E-state index contributed by atoms with van der Waals surface area (Å²) in [6, 6.07) is 12.5. The molecule has 2 aliphatic heterocycles. The molecule has 3 atom stereocenters. The molecule has 2 bridgehead atoms. The van der Waals surface area contributed by atoms with Crippen LogP contribution in [0.3, 0.4) is 0 Å². The van der Waals surface area contributed by atoms with Crippen molar-refractivity contribution in [2.75, 3.05) is 0 Å². The van der Waals surface area contributed by atoms with Gasteiger partial charge in [-0.2, -0.15) is 0 Å². The first-order valence-electron chi connectivity index (χ1n) is 12.4. The van der Waals surface area contributed by atoms with E-state index < -0.39 is 23.0 Å². The van der Waals surface area contributed by atoms with Crippen LogP contribution in [0, 0.1) is 17.6 Å². The highest BCUT2D eigenvalue weighted by Gasteiger charge is 2.51. The Labute approximate surface area is 211 Å². The number of nitrogens with zero attached hydrogens (tertiary/aromatic N) is 2. The van der Waals surface area contributed by atoms with Crippen LogP contribution in [0.1, 0.15) is 51.2 Å². The lowest BCUT2D eigenvalue weighted by Gasteiger charge is -2.40. The highest BCUT2D eigenvalue weighted by atomic mass is 19.1. The van der Waals surface area contributed by atoms with Crippen molar-refractivity contribution in [3.63, 3.8) is 0 Å². The number of piperidine rings is 1. The van der Waals surface area contributed by atoms with Crippen LogP contribution < -0.4 is 15.5 Å². The predicted octanol–water partition coefficient (Wildman–Crippen LogP) is 3.64. The molecular formula is C28H25F2N3O4. The molecule has 37 heavy (non-hydrogen) atoms. The number of fused-ring (bicyclic) bond motifs is 6. The standard InChI is InChI=1S/C28H25F2N3O4/c29-19-8-6-18(22(30)11-19)12-31-27(35)21-13-32-14-23-17-7-9-20(10-17)33(23)28(36)24(32)26(25(21)34)37-15-16-4-2-1-3-5-16/h1-6,8,11,13,17,20,23H,7,9-10,12,14-15H2,(H,31,35)/t17-,20+,23+/m0/s1. The van der Waals surface area contributed by atoms with Crippen molar-refractivity contribution in [1.82, 2.24) is 14.8 Å². The number of ether oxygens (including phenoxy) is 1. The minimum atomic E-state index is -0.795. The molecule has 9 heteroatoms. The summed E-state index contributed by atoms with van der Waals surface area (Å²) in [5.41, 5.74) is 0.157. The molecule has 2 aromatic carbocycles. The monoisotopic (exact) mass is 505 g/mol. The van der Waals surface area contributed by atoms with Gasteiger partial charge < -0.3 is 19.5 Å². The maximum atomic E-state index is 14.1. The molecule has 2 amide bonds. The van der Waals surface area contributed by atoms with Crippen LogP contribution in [-0.2, 0) is 19.7 Å². The van der Waals surface area contributed by atoms with Gasteiger partial charge in [-0.15, -0.1) is 0 Å². The van der Waals surface area contributed by atoms with Gasteiger partial charge in [-0.1, -0.05) is 36.4 Å². The zero-order chi connectivity index (χ0) is 25.7. The lowest BCUT2D eigenvalue weighted by Crippen LogP contribution is -2.52. The highest BCUT2D eigenvalue weighted by Crippen LogP contribution is 2.46. The van der Waals surface area contributed by atoms with Crippen molar-refractivity contribution >= 4 is 11.8 Å². The topological polar surface area (TPSA) is 80.6 Å². The molecule has 1 saturated carbocycles. The van der Waals surface area contributed by atoms with E-state index in [1.807, 2.05) is 35.2 Å². The van der Waals surface area contributed by atoms with Crippen LogP contribution in [0.25, 0.3) is 0 Å². The molecule has 6 rings (SSSR count). The summed E-state index contributed by atoms with van der Waals surface area (Å²) in [6.07, 6.45) is 4.37. The smallest absolute Gasteiger partial charge is 0.275 e. The average Bonchev–Trinajstić information content (AvgIpc) is 3.51. The largest absolute Gasteiger partial charge is 0.483 e. The fourth-order valence-corrected chi connectivity index (χ4v) is 5.93. The second kappa shape index (κ2) is 9.14. The third kappa shape index (κ3) is 4.08. The van der Waals surface area contributed by atoms with Gasteiger partial charge in [0.05, 0.1) is 6.04 Å². The fourth-order valence-electron chi connectivity index (χ4n) is 5.93. The molecule has 1 aromatic heterocycles. The number of hydrogen-bond donors (Lipinski definition) is 1. The summed E-state index contributed by atoms with van der Waals surface area (Å²) in [5.74, 6) is -2.25. The molecule has 3 aromatic rings. The third-order valence-electron chi connectivity index (χ3n) is 7.72. The van der Waals surface area contributed by atoms with Gasteiger partial charge in [-0.3, -0.25) is 14.4 Å². The Bertz CT molecular complexity index is 1460. The van der Waals surface area contributed by atoms with Gasteiger partial charge in [-0.05, 0) is 36.8 Å². The van der Waals surface area contributed by atoms with E-state index in [0.717, 1.165) is 37.0 Å². The molecule has 190 valence electrons. The highest BCUT2D eigenvalue weighted by molar-refractivity contribution is 5.99. The summed E-state index contributed by atoms with van der Waals surface area (Å²) < 4.78 is 34.9. The predicted molar refractivity (Wildman–Crippen MR) is 130 cm³/mol. The molecule has 3 heterocycles. The van der Waals surface area contributed by atoms with Gasteiger partial charge in [0.1, 0.15) is 23.8 Å². The van der Waals surface area contributed by atoms with Gasteiger partial charge in [0, 0.05) is 37.0 Å². The normalized spacial score (nSPS) is 21.5. The van der Waals surface area contributed by atoms with Crippen LogP contribution in [0.5, 0.6) is 5.75 Å².